The lowest BCUT2D eigenvalue weighted by atomic mass is 10.2. The van der Waals surface area contributed by atoms with Gasteiger partial charge in [0.2, 0.25) is 0 Å². The van der Waals surface area contributed by atoms with Gasteiger partial charge in [0.25, 0.3) is 0 Å². The first-order valence-corrected chi connectivity index (χ1v) is 8.15. The summed E-state index contributed by atoms with van der Waals surface area (Å²) < 4.78 is 7.38. The van der Waals surface area contributed by atoms with Crippen molar-refractivity contribution in [3.63, 3.8) is 0 Å². The molecule has 3 heterocycles. The summed E-state index contributed by atoms with van der Waals surface area (Å²) >= 11 is 1.61. The first kappa shape index (κ1) is 14.8. The second kappa shape index (κ2) is 6.74. The van der Waals surface area contributed by atoms with Gasteiger partial charge in [-0.2, -0.15) is 0 Å². The van der Waals surface area contributed by atoms with Crippen LogP contribution in [0.25, 0.3) is 11.4 Å². The van der Waals surface area contributed by atoms with Gasteiger partial charge in [-0.05, 0) is 25.5 Å². The topological polar surface area (TPSA) is 69.6 Å². The average Bonchev–Trinajstić information content (AvgIpc) is 3.13. The number of pyridine rings is 1. The van der Waals surface area contributed by atoms with Gasteiger partial charge in [-0.3, -0.25) is 4.98 Å². The summed E-state index contributed by atoms with van der Waals surface area (Å²) in [6.45, 7) is 4.94. The largest absolute Gasteiger partial charge is 0.360 e. The molecule has 0 aliphatic heterocycles. The van der Waals surface area contributed by atoms with Crippen molar-refractivity contribution in [2.75, 3.05) is 0 Å². The molecule has 3 rings (SSSR count). The van der Waals surface area contributed by atoms with E-state index in [0.717, 1.165) is 41.0 Å². The zero-order valence-electron chi connectivity index (χ0n) is 12.6. The zero-order chi connectivity index (χ0) is 15.4. The van der Waals surface area contributed by atoms with Gasteiger partial charge in [-0.1, -0.05) is 23.8 Å². The van der Waals surface area contributed by atoms with Crippen LogP contribution in [0, 0.1) is 6.92 Å². The van der Waals surface area contributed by atoms with Crippen LogP contribution in [0.4, 0.5) is 0 Å². The maximum Gasteiger partial charge on any atom is 0.191 e. The summed E-state index contributed by atoms with van der Waals surface area (Å²) in [6.07, 6.45) is 4.56. The standard InChI is InChI=1S/C15H17N5OS/c1-3-8-20-14(12-4-6-16-7-5-12)17-18-15(20)22-10-13-9-11(2)19-21-13/h4-7,9H,3,8,10H2,1-2H3. The minimum absolute atomic E-state index is 0.693. The quantitative estimate of drug-likeness (QED) is 0.650. The predicted molar refractivity (Wildman–Crippen MR) is 84.3 cm³/mol. The second-order valence-electron chi connectivity index (χ2n) is 4.92. The Balaban J connectivity index is 1.83. The van der Waals surface area contributed by atoms with E-state index in [1.807, 2.05) is 25.1 Å². The molecule has 0 N–H and O–H groups in total. The Morgan fingerprint density at radius 2 is 2.05 bits per heavy atom. The van der Waals surface area contributed by atoms with Gasteiger partial charge >= 0.3 is 0 Å². The molecule has 0 spiro atoms. The van der Waals surface area contributed by atoms with Crippen LogP contribution in [-0.2, 0) is 12.3 Å². The van der Waals surface area contributed by atoms with Gasteiger partial charge in [-0.15, -0.1) is 10.2 Å². The summed E-state index contributed by atoms with van der Waals surface area (Å²) in [4.78, 5) is 4.05. The Kier molecular flexibility index (Phi) is 4.53. The molecule has 0 radical (unpaired) electrons. The maximum atomic E-state index is 5.24. The summed E-state index contributed by atoms with van der Waals surface area (Å²) in [7, 11) is 0. The Bertz CT molecular complexity index is 737. The first-order valence-electron chi connectivity index (χ1n) is 7.16. The van der Waals surface area contributed by atoms with Crippen molar-refractivity contribution in [3.05, 3.63) is 42.0 Å². The van der Waals surface area contributed by atoms with Crippen molar-refractivity contribution < 1.29 is 4.52 Å². The highest BCUT2D eigenvalue weighted by atomic mass is 32.2. The molecular weight excluding hydrogens is 298 g/mol. The van der Waals surface area contributed by atoms with E-state index in [1.165, 1.54) is 0 Å². The minimum Gasteiger partial charge on any atom is -0.360 e. The normalized spacial score (nSPS) is 11.0. The highest BCUT2D eigenvalue weighted by molar-refractivity contribution is 7.98. The lowest BCUT2D eigenvalue weighted by Crippen LogP contribution is -2.02. The number of rotatable bonds is 6. The first-order chi connectivity index (χ1) is 10.8. The van der Waals surface area contributed by atoms with Gasteiger partial charge in [-0.25, -0.2) is 0 Å². The van der Waals surface area contributed by atoms with Crippen molar-refractivity contribution in [1.82, 2.24) is 24.9 Å². The molecule has 0 saturated heterocycles. The fourth-order valence-electron chi connectivity index (χ4n) is 2.16. The van der Waals surface area contributed by atoms with Crippen LogP contribution in [-0.4, -0.2) is 24.9 Å². The minimum atomic E-state index is 0.693. The molecule has 6 nitrogen and oxygen atoms in total. The summed E-state index contributed by atoms with van der Waals surface area (Å²) in [5.74, 6) is 2.42. The van der Waals surface area contributed by atoms with E-state index in [4.69, 9.17) is 4.52 Å². The van der Waals surface area contributed by atoms with Crippen molar-refractivity contribution in [3.8, 4) is 11.4 Å². The molecule has 0 aliphatic rings. The van der Waals surface area contributed by atoms with Crippen molar-refractivity contribution >= 4 is 11.8 Å². The van der Waals surface area contributed by atoms with Gasteiger partial charge in [0.05, 0.1) is 11.4 Å². The molecule has 0 aromatic carbocycles. The molecule has 0 atom stereocenters. The molecular formula is C15H17N5OS. The predicted octanol–water partition coefficient (Wildman–Crippen LogP) is 3.34. The Hall–Kier alpha value is -2.15. The number of hydrogen-bond acceptors (Lipinski definition) is 6. The summed E-state index contributed by atoms with van der Waals surface area (Å²) in [6, 6.07) is 5.84. The highest BCUT2D eigenvalue weighted by Gasteiger charge is 2.14. The van der Waals surface area contributed by atoms with Gasteiger partial charge in [0, 0.05) is 30.6 Å². The lowest BCUT2D eigenvalue weighted by Gasteiger charge is -2.08. The molecule has 3 aromatic heterocycles. The molecule has 0 bridgehead atoms. The van der Waals surface area contributed by atoms with Crippen molar-refractivity contribution in [2.24, 2.45) is 0 Å². The van der Waals surface area contributed by atoms with Gasteiger partial charge in [0.1, 0.15) is 5.76 Å². The SMILES string of the molecule is CCCn1c(SCc2cc(C)no2)nnc1-c1ccncc1. The fourth-order valence-corrected chi connectivity index (χ4v) is 2.99. The zero-order valence-corrected chi connectivity index (χ0v) is 13.4. The molecule has 0 unspecified atom stereocenters. The smallest absolute Gasteiger partial charge is 0.191 e. The van der Waals surface area contributed by atoms with Crippen LogP contribution < -0.4 is 0 Å². The van der Waals surface area contributed by atoms with Crippen LogP contribution in [0.1, 0.15) is 24.8 Å². The van der Waals surface area contributed by atoms with E-state index in [0.29, 0.717) is 5.75 Å². The second-order valence-corrected chi connectivity index (χ2v) is 5.86. The van der Waals surface area contributed by atoms with Crippen LogP contribution in [0.15, 0.2) is 40.3 Å². The van der Waals surface area contributed by atoms with E-state index in [2.05, 4.69) is 31.8 Å². The molecule has 3 aromatic rings. The number of nitrogens with zero attached hydrogens (tertiary/aromatic N) is 5. The molecule has 0 aliphatic carbocycles. The fraction of sp³-hybridized carbons (Fsp3) is 0.333. The highest BCUT2D eigenvalue weighted by Crippen LogP contribution is 2.26. The van der Waals surface area contributed by atoms with E-state index >= 15 is 0 Å². The molecule has 0 saturated carbocycles. The van der Waals surface area contributed by atoms with Gasteiger partial charge in [0.15, 0.2) is 11.0 Å². The van der Waals surface area contributed by atoms with Gasteiger partial charge < -0.3 is 9.09 Å². The summed E-state index contributed by atoms with van der Waals surface area (Å²) in [5, 5.41) is 13.5. The lowest BCUT2D eigenvalue weighted by molar-refractivity contribution is 0.391. The number of hydrogen-bond donors (Lipinski definition) is 0. The molecule has 22 heavy (non-hydrogen) atoms. The Labute approximate surface area is 133 Å². The van der Waals surface area contributed by atoms with Crippen LogP contribution in [0.5, 0.6) is 0 Å². The van der Waals surface area contributed by atoms with E-state index in [-0.39, 0.29) is 0 Å². The maximum absolute atomic E-state index is 5.24. The monoisotopic (exact) mass is 315 g/mol. The van der Waals surface area contributed by atoms with Crippen molar-refractivity contribution in [1.29, 1.82) is 0 Å². The average molecular weight is 315 g/mol. The molecule has 0 amide bonds. The van der Waals surface area contributed by atoms with Crippen LogP contribution >= 0.6 is 11.8 Å². The summed E-state index contributed by atoms with van der Waals surface area (Å²) in [5.41, 5.74) is 1.92. The van der Waals surface area contributed by atoms with Crippen LogP contribution in [0.2, 0.25) is 0 Å². The third kappa shape index (κ3) is 3.19. The molecule has 0 fully saturated rings. The van der Waals surface area contributed by atoms with E-state index in [1.54, 1.807) is 24.2 Å². The third-order valence-corrected chi connectivity index (χ3v) is 4.11. The number of aryl methyl sites for hydroxylation is 1. The van der Waals surface area contributed by atoms with E-state index in [9.17, 15) is 0 Å². The van der Waals surface area contributed by atoms with Crippen LogP contribution in [0.3, 0.4) is 0 Å². The van der Waals surface area contributed by atoms with E-state index < -0.39 is 0 Å². The molecule has 7 heteroatoms. The number of aromatic nitrogens is 5. The van der Waals surface area contributed by atoms with Crippen molar-refractivity contribution in [2.45, 2.75) is 37.7 Å². The Morgan fingerprint density at radius 1 is 1.23 bits per heavy atom. The Morgan fingerprint density at radius 3 is 2.73 bits per heavy atom. The molecule has 114 valence electrons. The third-order valence-electron chi connectivity index (χ3n) is 3.12. The number of thioether (sulfide) groups is 1.